The molecule has 1 heterocycles. The van der Waals surface area contributed by atoms with E-state index in [0.29, 0.717) is 41.5 Å². The Labute approximate surface area is 176 Å². The lowest BCUT2D eigenvalue weighted by atomic mass is 10.1. The van der Waals surface area contributed by atoms with Crippen molar-refractivity contribution < 1.29 is 22.7 Å². The molecule has 1 aromatic rings. The highest BCUT2D eigenvalue weighted by atomic mass is 32.2. The molecule has 0 bridgehead atoms. The molecule has 0 saturated carbocycles. The van der Waals surface area contributed by atoms with Crippen LogP contribution in [0.1, 0.15) is 13.3 Å². The summed E-state index contributed by atoms with van der Waals surface area (Å²) in [6.07, 6.45) is 9.13. The van der Waals surface area contributed by atoms with Crippen LogP contribution in [0, 0.1) is 0 Å². The second kappa shape index (κ2) is 8.85. The van der Waals surface area contributed by atoms with Crippen LogP contribution in [-0.4, -0.2) is 40.3 Å². The fraction of sp³-hybridized carbons (Fsp3) is 0.273. The van der Waals surface area contributed by atoms with Gasteiger partial charge in [0.15, 0.2) is 17.2 Å². The molecular weight excluding hydrogens is 404 g/mol. The van der Waals surface area contributed by atoms with E-state index in [1.807, 2.05) is 18.1 Å². The molecule has 0 spiro atoms. The van der Waals surface area contributed by atoms with Crippen LogP contribution in [0.5, 0.6) is 5.75 Å². The molecule has 0 amide bonds. The molecule has 0 saturated heterocycles. The van der Waals surface area contributed by atoms with E-state index in [0.717, 1.165) is 5.57 Å². The van der Waals surface area contributed by atoms with Gasteiger partial charge in [-0.25, -0.2) is 4.79 Å². The van der Waals surface area contributed by atoms with E-state index in [4.69, 9.17) is 15.2 Å². The minimum absolute atomic E-state index is 0.00505. The van der Waals surface area contributed by atoms with E-state index in [-0.39, 0.29) is 16.2 Å². The van der Waals surface area contributed by atoms with Crippen molar-refractivity contribution in [1.82, 2.24) is 3.89 Å². The highest BCUT2D eigenvalue weighted by Crippen LogP contribution is 2.34. The first-order valence-corrected chi connectivity index (χ1v) is 11.2. The number of methoxy groups -OCH3 is 1. The van der Waals surface area contributed by atoms with Crippen LogP contribution in [-0.2, 0) is 19.6 Å². The maximum Gasteiger partial charge on any atom is 0.306 e. The summed E-state index contributed by atoms with van der Waals surface area (Å²) in [5, 5.41) is 0. The van der Waals surface area contributed by atoms with Crippen LogP contribution in [0.2, 0.25) is 0 Å². The van der Waals surface area contributed by atoms with Gasteiger partial charge in [-0.2, -0.15) is 12.3 Å². The Bertz CT molecular complexity index is 1090. The van der Waals surface area contributed by atoms with Crippen LogP contribution < -0.4 is 14.4 Å². The smallest absolute Gasteiger partial charge is 0.306 e. The third-order valence-corrected chi connectivity index (χ3v) is 7.28. The van der Waals surface area contributed by atoms with Gasteiger partial charge in [-0.1, -0.05) is 6.08 Å². The Hall–Kier alpha value is -2.90. The fourth-order valence-electron chi connectivity index (χ4n) is 3.42. The fourth-order valence-corrected chi connectivity index (χ4v) is 4.93. The Kier molecular flexibility index (Phi) is 6.43. The van der Waals surface area contributed by atoms with Crippen molar-refractivity contribution in [3.05, 3.63) is 77.4 Å². The number of allylic oxidation sites excluding steroid dienone is 3. The second-order valence-corrected chi connectivity index (χ2v) is 9.26. The predicted octanol–water partition coefficient (Wildman–Crippen LogP) is 2.71. The summed E-state index contributed by atoms with van der Waals surface area (Å²) in [6, 6.07) is 6.91. The van der Waals surface area contributed by atoms with E-state index in [9.17, 15) is 13.2 Å². The van der Waals surface area contributed by atoms with Crippen molar-refractivity contribution in [3.8, 4) is 5.75 Å². The topological polar surface area (TPSA) is 95.7 Å². The third kappa shape index (κ3) is 4.04. The van der Waals surface area contributed by atoms with Gasteiger partial charge in [-0.3, -0.25) is 0 Å². The molecule has 1 aromatic carbocycles. The number of quaternary nitrogens is 1. The number of benzene rings is 1. The number of carbonyl (C=O) groups excluding carboxylic acids is 1. The van der Waals surface area contributed by atoms with E-state index >= 15 is 0 Å². The summed E-state index contributed by atoms with van der Waals surface area (Å²) in [4.78, 5) is 10.9. The second-order valence-electron chi connectivity index (χ2n) is 6.87. The van der Waals surface area contributed by atoms with Crippen molar-refractivity contribution in [2.45, 2.75) is 13.3 Å². The maximum absolute atomic E-state index is 13.0. The summed E-state index contributed by atoms with van der Waals surface area (Å²) in [7, 11) is -2.01. The van der Waals surface area contributed by atoms with Gasteiger partial charge in [0.2, 0.25) is 0 Å². The molecule has 2 aliphatic rings. The van der Waals surface area contributed by atoms with E-state index in [1.54, 1.807) is 49.5 Å². The molecule has 158 valence electrons. The summed E-state index contributed by atoms with van der Waals surface area (Å²) in [6.45, 7) is 2.19. The molecule has 0 radical (unpaired) electrons. The summed E-state index contributed by atoms with van der Waals surface area (Å²) >= 11 is 0. The zero-order valence-electron chi connectivity index (χ0n) is 17.0. The average Bonchev–Trinajstić information content (AvgIpc) is 2.79. The molecule has 3 rings (SSSR count). The van der Waals surface area contributed by atoms with Crippen molar-refractivity contribution in [2.75, 3.05) is 26.0 Å². The van der Waals surface area contributed by atoms with E-state index < -0.39 is 10.0 Å². The van der Waals surface area contributed by atoms with Crippen molar-refractivity contribution in [3.63, 3.8) is 0 Å². The zero-order chi connectivity index (χ0) is 21.8. The summed E-state index contributed by atoms with van der Waals surface area (Å²) in [5.41, 5.74) is 7.61. The predicted molar refractivity (Wildman–Crippen MR) is 116 cm³/mol. The zero-order valence-corrected chi connectivity index (χ0v) is 17.8. The number of hydrogen-bond donors (Lipinski definition) is 1. The molecule has 0 aromatic heterocycles. The molecule has 8 heteroatoms. The number of nitrogens with zero attached hydrogens (tertiary/aromatic N) is 1. The Morgan fingerprint density at radius 1 is 1.20 bits per heavy atom. The number of rotatable bonds is 7. The van der Waals surface area contributed by atoms with Gasteiger partial charge in [0.1, 0.15) is 24.4 Å². The molecule has 1 aliphatic carbocycles. The third-order valence-electron chi connectivity index (χ3n) is 5.09. The normalized spacial score (nSPS) is 21.3. The lowest BCUT2D eigenvalue weighted by Gasteiger charge is -2.34. The quantitative estimate of drug-likeness (QED) is 0.529. The molecule has 7 nitrogen and oxygen atoms in total. The Morgan fingerprint density at radius 2 is 1.93 bits per heavy atom. The van der Waals surface area contributed by atoms with Crippen molar-refractivity contribution >= 4 is 21.7 Å². The summed E-state index contributed by atoms with van der Waals surface area (Å²) in [5.74, 6) is 3.29. The van der Waals surface area contributed by atoms with Crippen LogP contribution in [0.3, 0.4) is 0 Å². The van der Waals surface area contributed by atoms with Crippen LogP contribution >= 0.6 is 0 Å². The standard InChI is InChI=1S/C22H25N2O5S/c1-3-30(26,27)24(12-4-5-18(14-23)15-24)19-7-9-20(10-8-19)29-21-11-6-17(16-25)13-22(21)28-2/h4-5,7-11,13,15H,3,6,12,14,23H2,1-2H3/q+1. The van der Waals surface area contributed by atoms with E-state index in [2.05, 4.69) is 0 Å². The summed E-state index contributed by atoms with van der Waals surface area (Å²) < 4.78 is 36.9. The average molecular weight is 430 g/mol. The SMILES string of the molecule is CCS(=O)(=O)[N+]1(c2ccc(OC3=CCC(=C=O)C=C3OC)cc2)C=C(CN)C=CC1. The Balaban J connectivity index is 1.93. The minimum atomic E-state index is -3.51. The van der Waals surface area contributed by atoms with Gasteiger partial charge < -0.3 is 15.2 Å². The minimum Gasteiger partial charge on any atom is -0.493 e. The molecule has 2 N–H and O–H groups in total. The van der Waals surface area contributed by atoms with E-state index in [1.165, 1.54) is 7.11 Å². The lowest BCUT2D eigenvalue weighted by Crippen LogP contribution is -2.51. The van der Waals surface area contributed by atoms with Crippen LogP contribution in [0.15, 0.2) is 77.4 Å². The molecule has 0 fully saturated rings. The highest BCUT2D eigenvalue weighted by molar-refractivity contribution is 7.91. The lowest BCUT2D eigenvalue weighted by molar-refractivity contribution is 0.260. The van der Waals surface area contributed by atoms with Gasteiger partial charge in [-0.15, -0.1) is 0 Å². The van der Waals surface area contributed by atoms with Gasteiger partial charge in [0, 0.05) is 36.2 Å². The number of nitrogens with two attached hydrogens (primary N) is 1. The van der Waals surface area contributed by atoms with Crippen LogP contribution in [0.25, 0.3) is 0 Å². The maximum atomic E-state index is 13.0. The van der Waals surface area contributed by atoms with Gasteiger partial charge in [0.05, 0.1) is 12.9 Å². The largest absolute Gasteiger partial charge is 0.493 e. The first kappa shape index (κ1) is 21.8. The molecule has 1 unspecified atom stereocenters. The molecule has 1 atom stereocenters. The first-order chi connectivity index (χ1) is 14.4. The number of hydrogen-bond acceptors (Lipinski definition) is 6. The van der Waals surface area contributed by atoms with Gasteiger partial charge in [-0.05, 0) is 37.3 Å². The van der Waals surface area contributed by atoms with Crippen molar-refractivity contribution in [2.24, 2.45) is 5.73 Å². The van der Waals surface area contributed by atoms with Crippen molar-refractivity contribution in [1.29, 1.82) is 0 Å². The first-order valence-electron chi connectivity index (χ1n) is 9.56. The number of sulfonamides is 1. The molecule has 1 aliphatic heterocycles. The highest BCUT2D eigenvalue weighted by Gasteiger charge is 2.42. The van der Waals surface area contributed by atoms with Gasteiger partial charge in [0.25, 0.3) is 0 Å². The molecule has 30 heavy (non-hydrogen) atoms. The Morgan fingerprint density at radius 3 is 2.53 bits per heavy atom. The number of ether oxygens (including phenoxy) is 2. The van der Waals surface area contributed by atoms with Crippen LogP contribution in [0.4, 0.5) is 5.69 Å². The molecular formula is C22H25N2O5S+. The van der Waals surface area contributed by atoms with Gasteiger partial charge >= 0.3 is 10.0 Å². The monoisotopic (exact) mass is 429 g/mol.